The Morgan fingerprint density at radius 3 is 2.11 bits per heavy atom. The van der Waals surface area contributed by atoms with Gasteiger partial charge in [-0.3, -0.25) is 0 Å². The zero-order valence-electron chi connectivity index (χ0n) is 14.0. The number of aromatic nitrogens is 1. The summed E-state index contributed by atoms with van der Waals surface area (Å²) in [6.45, 7) is 1.05. The minimum Gasteiger partial charge on any atom is -0.465 e. The van der Waals surface area contributed by atoms with Crippen molar-refractivity contribution in [3.8, 4) is 0 Å². The van der Waals surface area contributed by atoms with Crippen LogP contribution in [0.3, 0.4) is 0 Å². The van der Waals surface area contributed by atoms with Crippen LogP contribution in [0.5, 0.6) is 0 Å². The molecule has 1 fully saturated rings. The van der Waals surface area contributed by atoms with Crippen LogP contribution in [0.25, 0.3) is 0 Å². The standard InChI is InChI=1S/C15H14ClF5N2O4/c1-3-27-13(25)8-9(22-6-4-5-6)7(12(24)26-2)10(14(16,17)18)23-11(8)15(19,20)21/h6H,3-5H2,1-2H3,(H,22,23). The Labute approximate surface area is 155 Å². The lowest BCUT2D eigenvalue weighted by atomic mass is 10.0. The molecule has 150 valence electrons. The van der Waals surface area contributed by atoms with Crippen LogP contribution in [0, 0.1) is 0 Å². The van der Waals surface area contributed by atoms with Gasteiger partial charge in [0.1, 0.15) is 16.8 Å². The molecule has 1 aromatic heterocycles. The first-order chi connectivity index (χ1) is 12.4. The van der Waals surface area contributed by atoms with Gasteiger partial charge in [0, 0.05) is 6.04 Å². The highest BCUT2D eigenvalue weighted by Gasteiger charge is 2.47. The number of carbonyl (C=O) groups is 2. The molecule has 12 heteroatoms. The number of halogens is 6. The van der Waals surface area contributed by atoms with E-state index in [0.29, 0.717) is 12.8 Å². The largest absolute Gasteiger partial charge is 0.465 e. The summed E-state index contributed by atoms with van der Waals surface area (Å²) in [5.74, 6) is -2.91. The van der Waals surface area contributed by atoms with E-state index in [1.54, 1.807) is 0 Å². The van der Waals surface area contributed by atoms with Crippen molar-refractivity contribution in [2.75, 3.05) is 19.0 Å². The molecule has 27 heavy (non-hydrogen) atoms. The predicted molar refractivity (Wildman–Crippen MR) is 82.9 cm³/mol. The number of carbonyl (C=O) groups excluding carboxylic acids is 2. The Hall–Kier alpha value is -2.17. The molecule has 0 aromatic carbocycles. The van der Waals surface area contributed by atoms with Crippen LogP contribution in [-0.4, -0.2) is 36.7 Å². The number of nitrogens with zero attached hydrogens (tertiary/aromatic N) is 1. The van der Waals surface area contributed by atoms with Crippen LogP contribution in [0.2, 0.25) is 0 Å². The minimum atomic E-state index is -5.30. The first-order valence-corrected chi connectivity index (χ1v) is 8.03. The third kappa shape index (κ3) is 4.57. The van der Waals surface area contributed by atoms with E-state index in [1.807, 2.05) is 0 Å². The number of alkyl halides is 6. The molecule has 2 rings (SSSR count). The highest BCUT2D eigenvalue weighted by Crippen LogP contribution is 2.44. The fourth-order valence-corrected chi connectivity index (χ4v) is 2.41. The van der Waals surface area contributed by atoms with Crippen molar-refractivity contribution < 1.29 is 41.0 Å². The molecule has 0 amide bonds. The van der Waals surface area contributed by atoms with Gasteiger partial charge in [-0.25, -0.2) is 14.6 Å². The van der Waals surface area contributed by atoms with Gasteiger partial charge < -0.3 is 14.8 Å². The smallest absolute Gasteiger partial charge is 0.434 e. The Balaban J connectivity index is 2.93. The second-order valence-electron chi connectivity index (χ2n) is 5.56. The molecule has 0 atom stereocenters. The van der Waals surface area contributed by atoms with Crippen molar-refractivity contribution in [1.82, 2.24) is 4.98 Å². The van der Waals surface area contributed by atoms with Crippen molar-refractivity contribution in [2.24, 2.45) is 0 Å². The Kier molecular flexibility index (Phi) is 5.83. The van der Waals surface area contributed by atoms with Crippen molar-refractivity contribution in [3.05, 3.63) is 22.5 Å². The number of methoxy groups -OCH3 is 1. The molecule has 1 aliphatic carbocycles. The molecule has 1 saturated carbocycles. The molecule has 1 N–H and O–H groups in total. The Morgan fingerprint density at radius 1 is 1.15 bits per heavy atom. The van der Waals surface area contributed by atoms with Crippen molar-refractivity contribution in [1.29, 1.82) is 0 Å². The number of ether oxygens (including phenoxy) is 2. The van der Waals surface area contributed by atoms with E-state index in [1.165, 1.54) is 6.92 Å². The van der Waals surface area contributed by atoms with E-state index in [9.17, 15) is 31.5 Å². The lowest BCUT2D eigenvalue weighted by molar-refractivity contribution is -0.142. The van der Waals surface area contributed by atoms with Gasteiger partial charge in [-0.1, -0.05) is 0 Å². The van der Waals surface area contributed by atoms with Crippen molar-refractivity contribution in [3.63, 3.8) is 0 Å². The summed E-state index contributed by atoms with van der Waals surface area (Å²) >= 11 is 4.89. The average Bonchev–Trinajstić information content (AvgIpc) is 3.35. The highest BCUT2D eigenvalue weighted by molar-refractivity contribution is 6.22. The number of nitrogens with one attached hydrogen (secondary N) is 1. The molecule has 6 nitrogen and oxygen atoms in total. The lowest BCUT2D eigenvalue weighted by Crippen LogP contribution is -2.27. The Bertz CT molecular complexity index is 760. The first kappa shape index (κ1) is 21.1. The van der Waals surface area contributed by atoms with Gasteiger partial charge in [0.2, 0.25) is 0 Å². The monoisotopic (exact) mass is 416 g/mol. The van der Waals surface area contributed by atoms with Crippen LogP contribution < -0.4 is 5.32 Å². The van der Waals surface area contributed by atoms with E-state index in [0.717, 1.165) is 7.11 Å². The summed E-state index contributed by atoms with van der Waals surface area (Å²) in [6, 6.07) is -0.415. The number of anilines is 1. The summed E-state index contributed by atoms with van der Waals surface area (Å²) in [4.78, 5) is 27.1. The van der Waals surface area contributed by atoms with Gasteiger partial charge in [0.25, 0.3) is 0 Å². The Morgan fingerprint density at radius 2 is 1.70 bits per heavy atom. The fraction of sp³-hybridized carbons (Fsp3) is 0.533. The summed E-state index contributed by atoms with van der Waals surface area (Å²) in [5, 5.41) is -1.93. The fourth-order valence-electron chi connectivity index (χ4n) is 2.27. The molecule has 1 aliphatic rings. The number of hydrogen-bond acceptors (Lipinski definition) is 6. The van der Waals surface area contributed by atoms with E-state index in [4.69, 9.17) is 11.6 Å². The SMILES string of the molecule is CCOC(=O)c1c(C(F)(F)F)nc(C(F)(F)Cl)c(C(=O)OC)c1NC1CC1. The summed E-state index contributed by atoms with van der Waals surface area (Å²) in [5.41, 5.74) is -6.63. The zero-order chi connectivity index (χ0) is 20.6. The lowest BCUT2D eigenvalue weighted by Gasteiger charge is -2.22. The second-order valence-corrected chi connectivity index (χ2v) is 6.03. The van der Waals surface area contributed by atoms with Gasteiger partial charge in [-0.15, -0.1) is 0 Å². The molecule has 0 unspecified atom stereocenters. The van der Waals surface area contributed by atoms with Crippen LogP contribution in [-0.2, 0) is 21.0 Å². The minimum absolute atomic E-state index is 0.292. The molecule has 0 aliphatic heterocycles. The van der Waals surface area contributed by atoms with Gasteiger partial charge >= 0.3 is 23.5 Å². The third-order valence-corrected chi connectivity index (χ3v) is 3.71. The van der Waals surface area contributed by atoms with Gasteiger partial charge in [-0.05, 0) is 31.4 Å². The molecule has 0 bridgehead atoms. The summed E-state index contributed by atoms with van der Waals surface area (Å²) in [6.07, 6.45) is -4.30. The van der Waals surface area contributed by atoms with Crippen LogP contribution in [0.1, 0.15) is 51.9 Å². The number of esters is 2. The zero-order valence-corrected chi connectivity index (χ0v) is 14.8. The second kappa shape index (κ2) is 7.45. The molecule has 0 spiro atoms. The van der Waals surface area contributed by atoms with Crippen LogP contribution in [0.15, 0.2) is 0 Å². The first-order valence-electron chi connectivity index (χ1n) is 7.66. The maximum atomic E-state index is 13.8. The maximum Gasteiger partial charge on any atom is 0.434 e. The van der Waals surface area contributed by atoms with Crippen LogP contribution >= 0.6 is 11.6 Å². The van der Waals surface area contributed by atoms with E-state index < -0.39 is 57.7 Å². The summed E-state index contributed by atoms with van der Waals surface area (Å²) < 4.78 is 76.9. The maximum absolute atomic E-state index is 13.8. The van der Waals surface area contributed by atoms with Gasteiger partial charge in [0.15, 0.2) is 5.69 Å². The summed E-state index contributed by atoms with van der Waals surface area (Å²) in [7, 11) is 0.834. The van der Waals surface area contributed by atoms with Gasteiger partial charge in [0.05, 0.1) is 19.4 Å². The predicted octanol–water partition coefficient (Wildman–Crippen LogP) is 3.93. The van der Waals surface area contributed by atoms with E-state index in [2.05, 4.69) is 19.8 Å². The molecule has 1 aromatic rings. The normalized spacial score (nSPS) is 14.7. The topological polar surface area (TPSA) is 77.5 Å². The molecule has 1 heterocycles. The molecule has 0 saturated heterocycles. The quantitative estimate of drug-likeness (QED) is 0.430. The van der Waals surface area contributed by atoms with Crippen molar-refractivity contribution in [2.45, 2.75) is 37.4 Å². The van der Waals surface area contributed by atoms with Crippen LogP contribution in [0.4, 0.5) is 27.6 Å². The number of rotatable bonds is 6. The molecule has 0 radical (unpaired) electrons. The molecular formula is C15H14ClF5N2O4. The average molecular weight is 417 g/mol. The highest BCUT2D eigenvalue weighted by atomic mass is 35.5. The van der Waals surface area contributed by atoms with E-state index in [-0.39, 0.29) is 6.61 Å². The van der Waals surface area contributed by atoms with Gasteiger partial charge in [-0.2, -0.15) is 22.0 Å². The van der Waals surface area contributed by atoms with Crippen molar-refractivity contribution >= 4 is 29.2 Å². The van der Waals surface area contributed by atoms with E-state index >= 15 is 0 Å². The number of hydrogen-bond donors (Lipinski definition) is 1. The number of pyridine rings is 1. The third-order valence-electron chi connectivity index (χ3n) is 3.53. The molecular weight excluding hydrogens is 403 g/mol.